The van der Waals surface area contributed by atoms with Crippen molar-refractivity contribution in [3.8, 4) is 5.75 Å². The predicted molar refractivity (Wildman–Crippen MR) is 56.2 cm³/mol. The number of aliphatic hydroxyl groups excluding tert-OH is 1. The van der Waals surface area contributed by atoms with Crippen LogP contribution in [-0.4, -0.2) is 21.6 Å². The second-order valence-electron chi connectivity index (χ2n) is 3.12. The Hall–Kier alpha value is -0.610. The molecule has 4 heteroatoms. The fraction of sp³-hybridized carbons (Fsp3) is 0.400. The van der Waals surface area contributed by atoms with Gasteiger partial charge in [0.25, 0.3) is 0 Å². The molecule has 0 aliphatic heterocycles. The molecule has 0 aliphatic rings. The van der Waals surface area contributed by atoms with Crippen LogP contribution in [0.3, 0.4) is 0 Å². The number of rotatable bonds is 4. The Bertz CT molecular complexity index is 304. The van der Waals surface area contributed by atoms with Crippen LogP contribution in [0.5, 0.6) is 5.75 Å². The lowest BCUT2D eigenvalue weighted by Gasteiger charge is -2.07. The summed E-state index contributed by atoms with van der Waals surface area (Å²) < 4.78 is 12.8. The van der Waals surface area contributed by atoms with Crippen molar-refractivity contribution >= 4 is 15.9 Å². The molecule has 0 spiro atoms. The number of halogens is 2. The first kappa shape index (κ1) is 11.5. The number of benzene rings is 1. The van der Waals surface area contributed by atoms with Gasteiger partial charge in [0, 0.05) is 5.33 Å². The molecule has 1 unspecified atom stereocenters. The molecule has 2 N–H and O–H groups in total. The second kappa shape index (κ2) is 5.32. The molecule has 0 heterocycles. The predicted octanol–water partition coefficient (Wildman–Crippen LogP) is 2.22. The number of aromatic hydroxyl groups is 1. The number of hydrogen-bond acceptors (Lipinski definition) is 2. The third-order valence-electron chi connectivity index (χ3n) is 1.97. The van der Waals surface area contributed by atoms with E-state index in [1.807, 2.05) is 0 Å². The maximum Gasteiger partial charge on any atom is 0.123 e. The van der Waals surface area contributed by atoms with Gasteiger partial charge >= 0.3 is 0 Å². The summed E-state index contributed by atoms with van der Waals surface area (Å²) in [5, 5.41) is 19.1. The molecule has 1 rings (SSSR count). The van der Waals surface area contributed by atoms with Gasteiger partial charge < -0.3 is 10.2 Å². The van der Waals surface area contributed by atoms with E-state index in [1.54, 1.807) is 0 Å². The van der Waals surface area contributed by atoms with Crippen molar-refractivity contribution in [2.45, 2.75) is 18.9 Å². The minimum absolute atomic E-state index is 0.0770. The molecule has 0 radical (unpaired) electrons. The summed E-state index contributed by atoms with van der Waals surface area (Å²) in [6.45, 7) is 0. The van der Waals surface area contributed by atoms with Crippen molar-refractivity contribution in [1.82, 2.24) is 0 Å². The van der Waals surface area contributed by atoms with Gasteiger partial charge in [-0.05, 0) is 36.6 Å². The molecular weight excluding hydrogens is 251 g/mol. The smallest absolute Gasteiger partial charge is 0.123 e. The Morgan fingerprint density at radius 3 is 2.79 bits per heavy atom. The van der Waals surface area contributed by atoms with Crippen LogP contribution in [0.1, 0.15) is 12.0 Å². The van der Waals surface area contributed by atoms with Crippen LogP contribution in [0.25, 0.3) is 0 Å². The standard InChI is InChI=1S/C10H12BrFO2/c11-6-9(13)3-1-7-5-8(12)2-4-10(7)14/h2,4-5,9,13-14H,1,3,6H2. The van der Waals surface area contributed by atoms with Crippen LogP contribution in [0, 0.1) is 5.82 Å². The molecule has 1 atom stereocenters. The normalized spacial score (nSPS) is 12.8. The van der Waals surface area contributed by atoms with E-state index in [0.717, 1.165) is 0 Å². The molecule has 0 saturated carbocycles. The van der Waals surface area contributed by atoms with E-state index in [9.17, 15) is 14.6 Å². The van der Waals surface area contributed by atoms with Gasteiger partial charge in [0.2, 0.25) is 0 Å². The number of phenolic OH excluding ortho intramolecular Hbond substituents is 1. The highest BCUT2D eigenvalue weighted by molar-refractivity contribution is 9.09. The van der Waals surface area contributed by atoms with Crippen molar-refractivity contribution < 1.29 is 14.6 Å². The van der Waals surface area contributed by atoms with Gasteiger partial charge in [0.15, 0.2) is 0 Å². The van der Waals surface area contributed by atoms with Crippen LogP contribution in [0.2, 0.25) is 0 Å². The Labute approximate surface area is 90.5 Å². The van der Waals surface area contributed by atoms with Crippen LogP contribution in [0.4, 0.5) is 4.39 Å². The molecule has 1 aromatic rings. The van der Waals surface area contributed by atoms with Gasteiger partial charge in [-0.1, -0.05) is 15.9 Å². The summed E-state index contributed by atoms with van der Waals surface area (Å²) in [4.78, 5) is 0. The number of phenols is 1. The molecule has 2 nitrogen and oxygen atoms in total. The molecule has 0 saturated heterocycles. The summed E-state index contributed by atoms with van der Waals surface area (Å²) in [6, 6.07) is 3.82. The second-order valence-corrected chi connectivity index (χ2v) is 3.77. The third-order valence-corrected chi connectivity index (χ3v) is 2.71. The lowest BCUT2D eigenvalue weighted by atomic mass is 10.1. The highest BCUT2D eigenvalue weighted by atomic mass is 79.9. The zero-order chi connectivity index (χ0) is 10.6. The van der Waals surface area contributed by atoms with E-state index >= 15 is 0 Å². The largest absolute Gasteiger partial charge is 0.508 e. The lowest BCUT2D eigenvalue weighted by Crippen LogP contribution is -2.09. The summed E-state index contributed by atoms with van der Waals surface area (Å²) in [7, 11) is 0. The van der Waals surface area contributed by atoms with Crippen molar-refractivity contribution in [2.24, 2.45) is 0 Å². The minimum atomic E-state index is -0.460. The molecule has 0 aromatic heterocycles. The molecule has 78 valence electrons. The van der Waals surface area contributed by atoms with Gasteiger partial charge in [-0.2, -0.15) is 0 Å². The fourth-order valence-corrected chi connectivity index (χ4v) is 1.48. The van der Waals surface area contributed by atoms with Crippen molar-refractivity contribution in [3.63, 3.8) is 0 Å². The molecule has 0 amide bonds. The summed E-state index contributed by atoms with van der Waals surface area (Å²) in [5.74, 6) is -0.292. The highest BCUT2D eigenvalue weighted by Gasteiger charge is 2.06. The maximum absolute atomic E-state index is 12.8. The molecule has 0 bridgehead atoms. The van der Waals surface area contributed by atoms with Gasteiger partial charge in [-0.3, -0.25) is 0 Å². The molecule has 1 aromatic carbocycles. The zero-order valence-electron chi connectivity index (χ0n) is 7.58. The van der Waals surface area contributed by atoms with Crippen LogP contribution in [-0.2, 0) is 6.42 Å². The van der Waals surface area contributed by atoms with E-state index in [2.05, 4.69) is 15.9 Å². The van der Waals surface area contributed by atoms with E-state index in [-0.39, 0.29) is 11.6 Å². The average molecular weight is 263 g/mol. The number of alkyl halides is 1. The molecule has 14 heavy (non-hydrogen) atoms. The number of aliphatic hydroxyl groups is 1. The Morgan fingerprint density at radius 1 is 1.43 bits per heavy atom. The lowest BCUT2D eigenvalue weighted by molar-refractivity contribution is 0.190. The van der Waals surface area contributed by atoms with Gasteiger partial charge in [-0.25, -0.2) is 4.39 Å². The van der Waals surface area contributed by atoms with Crippen LogP contribution >= 0.6 is 15.9 Å². The SMILES string of the molecule is Oc1ccc(F)cc1CCC(O)CBr. The Balaban J connectivity index is 2.62. The van der Waals surface area contributed by atoms with E-state index in [1.165, 1.54) is 18.2 Å². The summed E-state index contributed by atoms with van der Waals surface area (Å²) in [5.41, 5.74) is 0.532. The zero-order valence-corrected chi connectivity index (χ0v) is 9.17. The first-order valence-corrected chi connectivity index (χ1v) is 5.47. The van der Waals surface area contributed by atoms with Crippen molar-refractivity contribution in [3.05, 3.63) is 29.6 Å². The van der Waals surface area contributed by atoms with E-state index in [0.29, 0.717) is 23.7 Å². The van der Waals surface area contributed by atoms with Crippen LogP contribution in [0.15, 0.2) is 18.2 Å². The number of hydrogen-bond donors (Lipinski definition) is 2. The number of aryl methyl sites for hydroxylation is 1. The molecule has 0 aliphatic carbocycles. The quantitative estimate of drug-likeness (QED) is 0.818. The monoisotopic (exact) mass is 262 g/mol. The summed E-state index contributed by atoms with van der Waals surface area (Å²) in [6.07, 6.45) is 0.510. The van der Waals surface area contributed by atoms with Gasteiger partial charge in [0.1, 0.15) is 11.6 Å². The van der Waals surface area contributed by atoms with Crippen LogP contribution < -0.4 is 0 Å². The Morgan fingerprint density at radius 2 is 2.14 bits per heavy atom. The van der Waals surface area contributed by atoms with Crippen molar-refractivity contribution in [1.29, 1.82) is 0 Å². The summed E-state index contributed by atoms with van der Waals surface area (Å²) >= 11 is 3.13. The first-order chi connectivity index (χ1) is 6.63. The first-order valence-electron chi connectivity index (χ1n) is 4.35. The van der Waals surface area contributed by atoms with Gasteiger partial charge in [-0.15, -0.1) is 0 Å². The van der Waals surface area contributed by atoms with Gasteiger partial charge in [0.05, 0.1) is 6.10 Å². The molecule has 0 fully saturated rings. The topological polar surface area (TPSA) is 40.5 Å². The maximum atomic E-state index is 12.8. The average Bonchev–Trinajstić information content (AvgIpc) is 2.19. The highest BCUT2D eigenvalue weighted by Crippen LogP contribution is 2.20. The minimum Gasteiger partial charge on any atom is -0.508 e. The Kier molecular flexibility index (Phi) is 4.35. The fourth-order valence-electron chi connectivity index (χ4n) is 1.15. The van der Waals surface area contributed by atoms with E-state index in [4.69, 9.17) is 0 Å². The van der Waals surface area contributed by atoms with Crippen molar-refractivity contribution in [2.75, 3.05) is 5.33 Å². The third kappa shape index (κ3) is 3.27. The van der Waals surface area contributed by atoms with E-state index < -0.39 is 6.10 Å². The molecular formula is C10H12BrFO2.